The summed E-state index contributed by atoms with van der Waals surface area (Å²) in [4.78, 5) is 19.8. The van der Waals surface area contributed by atoms with Gasteiger partial charge >= 0.3 is 0 Å². The van der Waals surface area contributed by atoms with Gasteiger partial charge in [0.2, 0.25) is 5.13 Å². The molecule has 0 bridgehead atoms. The van der Waals surface area contributed by atoms with Crippen LogP contribution in [0.1, 0.15) is 16.2 Å². The number of aromatic amines is 1. The molecule has 6 nitrogen and oxygen atoms in total. The van der Waals surface area contributed by atoms with E-state index in [1.807, 2.05) is 24.3 Å². The van der Waals surface area contributed by atoms with Crippen molar-refractivity contribution in [2.45, 2.75) is 10.1 Å². The average Bonchev–Trinajstić information content (AvgIpc) is 3.26. The molecule has 130 valence electrons. The molecule has 2 aromatic carbocycles. The van der Waals surface area contributed by atoms with Crippen molar-refractivity contribution in [1.29, 1.82) is 0 Å². The van der Waals surface area contributed by atoms with Crippen LogP contribution in [0.5, 0.6) is 0 Å². The number of thioether (sulfide) groups is 1. The number of aromatic nitrogens is 4. The van der Waals surface area contributed by atoms with E-state index in [9.17, 15) is 9.18 Å². The number of benzene rings is 2. The zero-order valence-electron chi connectivity index (χ0n) is 13.3. The predicted octanol–water partition coefficient (Wildman–Crippen LogP) is 4.10. The van der Waals surface area contributed by atoms with Crippen molar-refractivity contribution in [2.75, 3.05) is 5.32 Å². The van der Waals surface area contributed by atoms with Crippen LogP contribution in [0.3, 0.4) is 0 Å². The van der Waals surface area contributed by atoms with Crippen molar-refractivity contribution in [2.24, 2.45) is 0 Å². The van der Waals surface area contributed by atoms with Crippen molar-refractivity contribution >= 4 is 45.2 Å². The number of hydrogen-bond donors (Lipinski definition) is 2. The van der Waals surface area contributed by atoms with E-state index in [0.717, 1.165) is 16.9 Å². The van der Waals surface area contributed by atoms with Gasteiger partial charge < -0.3 is 4.98 Å². The molecule has 0 aliphatic carbocycles. The maximum Gasteiger partial charge on any atom is 0.260 e. The SMILES string of the molecule is O=C(Nc1nnc(SCc2nc3ccccc3[nH]2)s1)c1ccccc1F. The Balaban J connectivity index is 1.40. The number of imidazole rings is 1. The lowest BCUT2D eigenvalue weighted by atomic mass is 10.2. The topological polar surface area (TPSA) is 83.6 Å². The largest absolute Gasteiger partial charge is 0.341 e. The molecule has 4 aromatic rings. The summed E-state index contributed by atoms with van der Waals surface area (Å²) in [6.07, 6.45) is 0. The summed E-state index contributed by atoms with van der Waals surface area (Å²) in [7, 11) is 0. The monoisotopic (exact) mass is 385 g/mol. The van der Waals surface area contributed by atoms with Crippen molar-refractivity contribution in [3.8, 4) is 0 Å². The highest BCUT2D eigenvalue weighted by molar-refractivity contribution is 8.00. The van der Waals surface area contributed by atoms with E-state index in [0.29, 0.717) is 15.2 Å². The van der Waals surface area contributed by atoms with Crippen LogP contribution in [-0.4, -0.2) is 26.1 Å². The van der Waals surface area contributed by atoms with Crippen molar-refractivity contribution < 1.29 is 9.18 Å². The molecule has 0 radical (unpaired) electrons. The van der Waals surface area contributed by atoms with Gasteiger partial charge in [-0.05, 0) is 24.3 Å². The van der Waals surface area contributed by atoms with Gasteiger partial charge in [0.1, 0.15) is 11.6 Å². The molecule has 0 saturated heterocycles. The normalized spacial score (nSPS) is 11.0. The van der Waals surface area contributed by atoms with Gasteiger partial charge in [0, 0.05) is 0 Å². The lowest BCUT2D eigenvalue weighted by molar-refractivity contribution is 0.102. The third-order valence-corrected chi connectivity index (χ3v) is 5.50. The summed E-state index contributed by atoms with van der Waals surface area (Å²) in [5.41, 5.74) is 1.87. The number of carbonyl (C=O) groups excluding carboxylic acids is 1. The number of hydrogen-bond acceptors (Lipinski definition) is 6. The van der Waals surface area contributed by atoms with Gasteiger partial charge in [-0.3, -0.25) is 10.1 Å². The lowest BCUT2D eigenvalue weighted by Gasteiger charge is -2.01. The van der Waals surface area contributed by atoms with Gasteiger partial charge in [0.15, 0.2) is 4.34 Å². The van der Waals surface area contributed by atoms with Crippen molar-refractivity contribution in [3.05, 3.63) is 65.7 Å². The molecule has 2 N–H and O–H groups in total. The summed E-state index contributed by atoms with van der Waals surface area (Å²) < 4.78 is 14.3. The van der Waals surface area contributed by atoms with E-state index in [-0.39, 0.29) is 5.56 Å². The molecule has 2 heterocycles. The Labute approximate surface area is 155 Å². The Morgan fingerprint density at radius 1 is 1.15 bits per heavy atom. The van der Waals surface area contributed by atoms with Gasteiger partial charge in [-0.25, -0.2) is 9.37 Å². The minimum Gasteiger partial charge on any atom is -0.341 e. The molecule has 0 aliphatic heterocycles. The number of rotatable bonds is 5. The summed E-state index contributed by atoms with van der Waals surface area (Å²) in [6.45, 7) is 0. The van der Waals surface area contributed by atoms with Crippen LogP contribution in [-0.2, 0) is 5.75 Å². The van der Waals surface area contributed by atoms with Gasteiger partial charge in [-0.1, -0.05) is 47.4 Å². The number of para-hydroxylation sites is 2. The Morgan fingerprint density at radius 3 is 2.81 bits per heavy atom. The Hall–Kier alpha value is -2.78. The van der Waals surface area contributed by atoms with Crippen LogP contribution in [0.25, 0.3) is 11.0 Å². The molecule has 0 atom stereocenters. The van der Waals surface area contributed by atoms with Crippen LogP contribution in [0.15, 0.2) is 52.9 Å². The van der Waals surface area contributed by atoms with E-state index < -0.39 is 11.7 Å². The second-order valence-corrected chi connectivity index (χ2v) is 7.50. The van der Waals surface area contributed by atoms with Crippen LogP contribution < -0.4 is 5.32 Å². The Bertz CT molecular complexity index is 1040. The smallest absolute Gasteiger partial charge is 0.260 e. The summed E-state index contributed by atoms with van der Waals surface area (Å²) in [6, 6.07) is 13.6. The van der Waals surface area contributed by atoms with Crippen LogP contribution in [0, 0.1) is 5.82 Å². The fourth-order valence-corrected chi connectivity index (χ4v) is 3.95. The molecule has 0 aliphatic rings. The second kappa shape index (κ2) is 7.22. The zero-order valence-corrected chi connectivity index (χ0v) is 14.9. The number of nitrogens with zero attached hydrogens (tertiary/aromatic N) is 3. The minimum atomic E-state index is -0.575. The maximum absolute atomic E-state index is 13.6. The first-order valence-corrected chi connectivity index (χ1v) is 9.45. The van der Waals surface area contributed by atoms with E-state index in [4.69, 9.17) is 0 Å². The molecule has 4 rings (SSSR count). The molecular formula is C17H12FN5OS2. The lowest BCUT2D eigenvalue weighted by Crippen LogP contribution is -2.13. The Kier molecular flexibility index (Phi) is 4.63. The van der Waals surface area contributed by atoms with Gasteiger partial charge in [-0.2, -0.15) is 0 Å². The molecule has 0 saturated carbocycles. The number of H-pyrrole nitrogens is 1. The predicted molar refractivity (Wildman–Crippen MR) is 99.9 cm³/mol. The number of nitrogens with one attached hydrogen (secondary N) is 2. The molecular weight excluding hydrogens is 373 g/mol. The maximum atomic E-state index is 13.6. The number of amides is 1. The quantitative estimate of drug-likeness (QED) is 0.399. The van der Waals surface area contributed by atoms with E-state index >= 15 is 0 Å². The molecule has 9 heteroatoms. The van der Waals surface area contributed by atoms with Gasteiger partial charge in [0.25, 0.3) is 5.91 Å². The fourth-order valence-electron chi connectivity index (χ4n) is 2.33. The highest BCUT2D eigenvalue weighted by atomic mass is 32.2. The summed E-state index contributed by atoms with van der Waals surface area (Å²) in [5.74, 6) is 0.315. The second-order valence-electron chi connectivity index (χ2n) is 5.30. The first kappa shape index (κ1) is 16.7. The van der Waals surface area contributed by atoms with Crippen LogP contribution in [0.2, 0.25) is 0 Å². The molecule has 0 unspecified atom stereocenters. The minimum absolute atomic E-state index is 0.0285. The van der Waals surface area contributed by atoms with Crippen molar-refractivity contribution in [1.82, 2.24) is 20.2 Å². The molecule has 2 aromatic heterocycles. The molecule has 26 heavy (non-hydrogen) atoms. The average molecular weight is 385 g/mol. The first-order valence-electron chi connectivity index (χ1n) is 7.65. The van der Waals surface area contributed by atoms with Crippen molar-refractivity contribution in [3.63, 3.8) is 0 Å². The molecule has 1 amide bonds. The summed E-state index contributed by atoms with van der Waals surface area (Å²) >= 11 is 2.69. The zero-order chi connectivity index (χ0) is 17.9. The Morgan fingerprint density at radius 2 is 1.96 bits per heavy atom. The number of anilines is 1. The van der Waals surface area contributed by atoms with Gasteiger partial charge in [-0.15, -0.1) is 10.2 Å². The molecule has 0 spiro atoms. The third-order valence-electron chi connectivity index (χ3n) is 3.52. The van der Waals surface area contributed by atoms with Gasteiger partial charge in [0.05, 0.1) is 22.3 Å². The van der Waals surface area contributed by atoms with Crippen LogP contribution >= 0.6 is 23.1 Å². The van der Waals surface area contributed by atoms with E-state index in [2.05, 4.69) is 25.5 Å². The molecule has 0 fully saturated rings. The highest BCUT2D eigenvalue weighted by Crippen LogP contribution is 2.28. The summed E-state index contributed by atoms with van der Waals surface area (Å²) in [5, 5.41) is 10.9. The van der Waals surface area contributed by atoms with E-state index in [1.54, 1.807) is 6.07 Å². The standard InChI is InChI=1S/C17H12FN5OS2/c18-11-6-2-1-5-10(11)15(24)21-16-22-23-17(26-16)25-9-14-19-12-7-3-4-8-13(12)20-14/h1-8H,9H2,(H,19,20)(H,21,22,24). The first-order chi connectivity index (χ1) is 12.7. The van der Waals surface area contributed by atoms with E-state index in [1.165, 1.54) is 41.3 Å². The highest BCUT2D eigenvalue weighted by Gasteiger charge is 2.14. The van der Waals surface area contributed by atoms with Crippen LogP contribution in [0.4, 0.5) is 9.52 Å². The third kappa shape index (κ3) is 3.58. The number of fused-ring (bicyclic) bond motifs is 1. The fraction of sp³-hybridized carbons (Fsp3) is 0.0588. The number of halogens is 1. The number of carbonyl (C=O) groups is 1.